The van der Waals surface area contributed by atoms with Crippen molar-refractivity contribution in [2.45, 2.75) is 12.8 Å². The summed E-state index contributed by atoms with van der Waals surface area (Å²) in [5.74, 6) is 1.80. The van der Waals surface area contributed by atoms with E-state index in [0.29, 0.717) is 5.56 Å². The Bertz CT molecular complexity index is 452. The van der Waals surface area contributed by atoms with Crippen LogP contribution in [0, 0.1) is 17.8 Å². The number of hydrogen-bond acceptors (Lipinski definition) is 2. The molecule has 0 radical (unpaired) electrons. The predicted octanol–water partition coefficient (Wildman–Crippen LogP) is 2.07. The minimum atomic E-state index is -0.408. The predicted molar refractivity (Wildman–Crippen MR) is 59.3 cm³/mol. The molecule has 2 rings (SSSR count). The maximum absolute atomic E-state index is 12.9. The van der Waals surface area contributed by atoms with Crippen LogP contribution in [0.1, 0.15) is 23.2 Å². The summed E-state index contributed by atoms with van der Waals surface area (Å²) < 4.78 is 12.9. The molecule has 1 aliphatic heterocycles. The van der Waals surface area contributed by atoms with E-state index in [1.165, 1.54) is 18.2 Å². The topological polar surface area (TPSA) is 20.3 Å². The van der Waals surface area contributed by atoms with E-state index in [2.05, 4.69) is 12.0 Å². The van der Waals surface area contributed by atoms with Crippen LogP contribution in [0.15, 0.2) is 24.3 Å². The number of Topliss-reactive ketones (excluding diaryl/α,β-unsaturated/α-hetero) is 1. The Morgan fingerprint density at radius 2 is 2.06 bits per heavy atom. The van der Waals surface area contributed by atoms with Gasteiger partial charge in [-0.1, -0.05) is 12.1 Å². The average Bonchev–Trinajstić information content (AvgIpc) is 2.78. The van der Waals surface area contributed by atoms with E-state index >= 15 is 0 Å². The van der Waals surface area contributed by atoms with Gasteiger partial charge >= 0.3 is 0 Å². The minimum Gasteiger partial charge on any atom is -0.332 e. The van der Waals surface area contributed by atoms with Crippen LogP contribution in [0.3, 0.4) is 0 Å². The number of carbonyl (C=O) groups is 1. The van der Waals surface area contributed by atoms with E-state index < -0.39 is 5.82 Å². The number of ketones is 1. The highest BCUT2D eigenvalue weighted by Crippen LogP contribution is 2.06. The van der Waals surface area contributed by atoms with Crippen molar-refractivity contribution in [3.8, 4) is 12.0 Å². The molecule has 16 heavy (non-hydrogen) atoms. The third kappa shape index (κ3) is 2.60. The van der Waals surface area contributed by atoms with Gasteiger partial charge in [0.1, 0.15) is 5.82 Å². The van der Waals surface area contributed by atoms with Gasteiger partial charge < -0.3 is 4.90 Å². The van der Waals surface area contributed by atoms with Crippen LogP contribution in [0.25, 0.3) is 0 Å². The number of likely N-dealkylation sites (tertiary alicyclic amines) is 1. The van der Waals surface area contributed by atoms with Gasteiger partial charge in [-0.3, -0.25) is 4.79 Å². The molecule has 0 saturated carbocycles. The summed E-state index contributed by atoms with van der Waals surface area (Å²) >= 11 is 0. The first-order chi connectivity index (χ1) is 7.75. The molecule has 0 aromatic heterocycles. The van der Waals surface area contributed by atoms with Crippen LogP contribution >= 0.6 is 0 Å². The van der Waals surface area contributed by atoms with Gasteiger partial charge in [0, 0.05) is 24.7 Å². The molecule has 1 fully saturated rings. The summed E-state index contributed by atoms with van der Waals surface area (Å²) in [6.45, 7) is 1.84. The van der Waals surface area contributed by atoms with Crippen molar-refractivity contribution in [3.63, 3.8) is 0 Å². The zero-order valence-corrected chi connectivity index (χ0v) is 8.87. The van der Waals surface area contributed by atoms with E-state index in [4.69, 9.17) is 0 Å². The van der Waals surface area contributed by atoms with Crippen molar-refractivity contribution in [3.05, 3.63) is 35.6 Å². The summed E-state index contributed by atoms with van der Waals surface area (Å²) in [5.41, 5.74) is 0.312. The molecule has 0 aliphatic carbocycles. The van der Waals surface area contributed by atoms with Gasteiger partial charge in [-0.2, -0.15) is 0 Å². The summed E-state index contributed by atoms with van der Waals surface area (Å²) in [6, 6.07) is 8.42. The Labute approximate surface area is 94.1 Å². The van der Waals surface area contributed by atoms with Crippen molar-refractivity contribution in [1.29, 1.82) is 0 Å². The lowest BCUT2D eigenvalue weighted by Crippen LogP contribution is -2.12. The third-order valence-electron chi connectivity index (χ3n) is 2.52. The molecule has 1 aliphatic rings. The Balaban J connectivity index is 2.07. The molecule has 82 valence electrons. The summed E-state index contributed by atoms with van der Waals surface area (Å²) in [7, 11) is 0. The first kappa shape index (κ1) is 10.7. The quantitative estimate of drug-likeness (QED) is 0.530. The fourth-order valence-electron chi connectivity index (χ4n) is 1.66. The smallest absolute Gasteiger partial charge is 0.237 e. The summed E-state index contributed by atoms with van der Waals surface area (Å²) in [4.78, 5) is 13.5. The van der Waals surface area contributed by atoms with E-state index in [1.54, 1.807) is 6.07 Å². The Morgan fingerprint density at radius 1 is 1.31 bits per heavy atom. The number of benzene rings is 1. The molecule has 0 amide bonds. The lowest BCUT2D eigenvalue weighted by Gasteiger charge is -2.04. The SMILES string of the molecule is O=C(C#CN1CCCC1)c1cccc(F)c1. The molecule has 1 heterocycles. The molecule has 0 bridgehead atoms. The van der Waals surface area contributed by atoms with Gasteiger partial charge in [-0.15, -0.1) is 0 Å². The monoisotopic (exact) mass is 217 g/mol. The fraction of sp³-hybridized carbons (Fsp3) is 0.308. The number of rotatable bonds is 1. The standard InChI is InChI=1S/C13H12FNO/c14-12-5-3-4-11(10-12)13(16)6-9-15-7-1-2-8-15/h3-5,10H,1-2,7-8H2. The van der Waals surface area contributed by atoms with Gasteiger partial charge in [-0.25, -0.2) is 4.39 Å². The molecule has 0 atom stereocenters. The molecule has 3 heteroatoms. The second kappa shape index (κ2) is 4.80. The minimum absolute atomic E-state index is 0.312. The fourth-order valence-corrected chi connectivity index (χ4v) is 1.66. The van der Waals surface area contributed by atoms with Crippen LogP contribution in [-0.4, -0.2) is 23.8 Å². The number of nitrogens with zero attached hydrogens (tertiary/aromatic N) is 1. The molecule has 1 aromatic rings. The van der Waals surface area contributed by atoms with Gasteiger partial charge in [-0.05, 0) is 30.9 Å². The summed E-state index contributed by atoms with van der Waals surface area (Å²) in [5, 5.41) is 0. The lowest BCUT2D eigenvalue weighted by molar-refractivity contribution is 0.105. The third-order valence-corrected chi connectivity index (χ3v) is 2.52. The van der Waals surface area contributed by atoms with Gasteiger partial charge in [0.15, 0.2) is 0 Å². The van der Waals surface area contributed by atoms with Crippen LogP contribution in [0.5, 0.6) is 0 Å². The van der Waals surface area contributed by atoms with Crippen molar-refractivity contribution in [2.75, 3.05) is 13.1 Å². The second-order valence-corrected chi connectivity index (χ2v) is 3.77. The first-order valence-corrected chi connectivity index (χ1v) is 5.32. The highest BCUT2D eigenvalue weighted by atomic mass is 19.1. The van der Waals surface area contributed by atoms with E-state index in [0.717, 1.165) is 25.9 Å². The van der Waals surface area contributed by atoms with Crippen molar-refractivity contribution >= 4 is 5.78 Å². The van der Waals surface area contributed by atoms with Crippen LogP contribution in [0.4, 0.5) is 4.39 Å². The second-order valence-electron chi connectivity index (χ2n) is 3.77. The maximum atomic E-state index is 12.9. The van der Waals surface area contributed by atoms with E-state index in [1.807, 2.05) is 4.90 Å². The first-order valence-electron chi connectivity index (χ1n) is 5.32. The van der Waals surface area contributed by atoms with E-state index in [-0.39, 0.29) is 5.78 Å². The van der Waals surface area contributed by atoms with Gasteiger partial charge in [0.05, 0.1) is 0 Å². The highest BCUT2D eigenvalue weighted by Gasteiger charge is 2.08. The molecule has 2 nitrogen and oxygen atoms in total. The molecule has 0 N–H and O–H groups in total. The van der Waals surface area contributed by atoms with Crippen LogP contribution < -0.4 is 0 Å². The largest absolute Gasteiger partial charge is 0.332 e. The maximum Gasteiger partial charge on any atom is 0.237 e. The average molecular weight is 217 g/mol. The van der Waals surface area contributed by atoms with Crippen LogP contribution in [0.2, 0.25) is 0 Å². The molecule has 0 unspecified atom stereocenters. The molecular weight excluding hydrogens is 205 g/mol. The zero-order chi connectivity index (χ0) is 11.4. The summed E-state index contributed by atoms with van der Waals surface area (Å²) in [6.07, 6.45) is 2.26. The van der Waals surface area contributed by atoms with Crippen molar-refractivity contribution < 1.29 is 9.18 Å². The Kier molecular flexibility index (Phi) is 3.21. The normalized spacial score (nSPS) is 14.4. The number of hydrogen-bond donors (Lipinski definition) is 0. The number of halogens is 1. The Hall–Kier alpha value is -1.82. The van der Waals surface area contributed by atoms with Gasteiger partial charge in [0.25, 0.3) is 0 Å². The highest BCUT2D eigenvalue weighted by molar-refractivity contribution is 6.08. The molecule has 1 aromatic carbocycles. The molecule has 1 saturated heterocycles. The number of carbonyl (C=O) groups excluding carboxylic acids is 1. The zero-order valence-electron chi connectivity index (χ0n) is 8.87. The van der Waals surface area contributed by atoms with E-state index in [9.17, 15) is 9.18 Å². The molecule has 0 spiro atoms. The van der Waals surface area contributed by atoms with Crippen LogP contribution in [-0.2, 0) is 0 Å². The van der Waals surface area contributed by atoms with Crippen molar-refractivity contribution in [2.24, 2.45) is 0 Å². The Morgan fingerprint density at radius 3 is 2.75 bits per heavy atom. The lowest BCUT2D eigenvalue weighted by atomic mass is 10.1. The molecular formula is C13H12FNO. The van der Waals surface area contributed by atoms with Gasteiger partial charge in [0.2, 0.25) is 5.78 Å². The van der Waals surface area contributed by atoms with Crippen molar-refractivity contribution in [1.82, 2.24) is 4.90 Å².